The van der Waals surface area contributed by atoms with E-state index in [1.54, 1.807) is 25.5 Å². The first-order valence-electron chi connectivity index (χ1n) is 7.82. The molecule has 2 aromatic rings. The van der Waals surface area contributed by atoms with Crippen molar-refractivity contribution in [3.8, 4) is 17.2 Å². The smallest absolute Gasteiger partial charge is 0.186 e. The molecule has 0 fully saturated rings. The van der Waals surface area contributed by atoms with Gasteiger partial charge in [-0.2, -0.15) is 0 Å². The largest absolute Gasteiger partial charge is 0.493 e. The molecule has 0 atom stereocenters. The molecule has 2 rings (SSSR count). The molecule has 0 aliphatic carbocycles. The summed E-state index contributed by atoms with van der Waals surface area (Å²) in [7, 11) is 1.58. The Balaban J connectivity index is 2.38. The van der Waals surface area contributed by atoms with Gasteiger partial charge in [0.05, 0.1) is 12.8 Å². The monoisotopic (exact) mass is 357 g/mol. The Kier molecular flexibility index (Phi) is 6.71. The minimum Gasteiger partial charge on any atom is -0.493 e. The van der Waals surface area contributed by atoms with E-state index in [2.05, 4.69) is 21.5 Å². The molecule has 1 aromatic carbocycles. The highest BCUT2D eigenvalue weighted by atomic mass is 35.5. The topological polar surface area (TPSA) is 56.6 Å². The van der Waals surface area contributed by atoms with Crippen molar-refractivity contribution in [2.75, 3.05) is 7.11 Å². The summed E-state index contributed by atoms with van der Waals surface area (Å²) in [6.45, 7) is 7.74. The summed E-state index contributed by atoms with van der Waals surface area (Å²) in [4.78, 5) is 12.9. The summed E-state index contributed by atoms with van der Waals surface area (Å²) in [6, 6.07) is 7.31. The average molecular weight is 358 g/mol. The Morgan fingerprint density at radius 3 is 2.64 bits per heavy atom. The van der Waals surface area contributed by atoms with E-state index in [0.717, 1.165) is 0 Å². The number of ether oxygens (including phenoxy) is 2. The minimum atomic E-state index is 0.204. The maximum atomic E-state index is 6.34. The van der Waals surface area contributed by atoms with Crippen LogP contribution < -0.4 is 9.47 Å². The second kappa shape index (κ2) is 8.99. The fourth-order valence-electron chi connectivity index (χ4n) is 2.03. The Hall–Kier alpha value is -2.66. The summed E-state index contributed by atoms with van der Waals surface area (Å²) in [5, 5.41) is 0.204. The third-order valence-electron chi connectivity index (χ3n) is 3.28. The normalized spacial score (nSPS) is 11.2. The molecule has 0 aliphatic heterocycles. The molecule has 25 heavy (non-hydrogen) atoms. The van der Waals surface area contributed by atoms with Gasteiger partial charge in [-0.3, -0.25) is 4.99 Å². The van der Waals surface area contributed by atoms with Crippen LogP contribution in [-0.4, -0.2) is 23.3 Å². The van der Waals surface area contributed by atoms with Gasteiger partial charge in [0.15, 0.2) is 28.2 Å². The highest BCUT2D eigenvalue weighted by molar-refractivity contribution is 6.31. The van der Waals surface area contributed by atoms with Crippen LogP contribution in [0, 0.1) is 0 Å². The van der Waals surface area contributed by atoms with Crippen LogP contribution in [0.25, 0.3) is 5.70 Å². The third-order valence-corrected chi connectivity index (χ3v) is 3.53. The van der Waals surface area contributed by atoms with E-state index in [1.807, 2.05) is 38.1 Å². The van der Waals surface area contributed by atoms with Gasteiger partial charge in [0.25, 0.3) is 0 Å². The number of hydrogen-bond donors (Lipinski definition) is 0. The van der Waals surface area contributed by atoms with E-state index < -0.39 is 0 Å². The van der Waals surface area contributed by atoms with Crippen molar-refractivity contribution in [1.82, 2.24) is 9.97 Å². The van der Waals surface area contributed by atoms with Crippen LogP contribution in [0.4, 0.5) is 0 Å². The Morgan fingerprint density at radius 1 is 1.28 bits per heavy atom. The fourth-order valence-corrected chi connectivity index (χ4v) is 2.25. The molecule has 0 spiro atoms. The predicted octanol–water partition coefficient (Wildman–Crippen LogP) is 5.11. The number of para-hydroxylation sites is 2. The maximum Gasteiger partial charge on any atom is 0.186 e. The molecule has 0 aliphatic rings. The molecule has 6 heteroatoms. The minimum absolute atomic E-state index is 0.204. The maximum absolute atomic E-state index is 6.34. The van der Waals surface area contributed by atoms with Gasteiger partial charge >= 0.3 is 0 Å². The van der Waals surface area contributed by atoms with Gasteiger partial charge in [-0.05, 0) is 31.6 Å². The number of aliphatic imine (C=N–C) groups is 1. The number of nitrogens with zero attached hydrogens (tertiary/aromatic N) is 3. The van der Waals surface area contributed by atoms with Gasteiger partial charge in [0.1, 0.15) is 5.70 Å². The standard InChI is InChI=1S/C19H20ClN3O2/c1-5-7-12-21-13(3)19-22-14(6-2)17(18(20)23-19)25-16-11-9-8-10-15(16)24-4/h5,7-12H,3,6H2,1-2,4H3/b7-5-,21-12?. The lowest BCUT2D eigenvalue weighted by Gasteiger charge is -2.14. The molecule has 0 bridgehead atoms. The van der Waals surface area contributed by atoms with Crippen molar-refractivity contribution >= 4 is 23.5 Å². The molecule has 1 heterocycles. The predicted molar refractivity (Wildman–Crippen MR) is 102 cm³/mol. The molecule has 0 N–H and O–H groups in total. The van der Waals surface area contributed by atoms with Crippen LogP contribution in [0.3, 0.4) is 0 Å². The van der Waals surface area contributed by atoms with Crippen molar-refractivity contribution in [3.05, 3.63) is 59.7 Å². The number of aryl methyl sites for hydroxylation is 1. The molecule has 0 saturated carbocycles. The van der Waals surface area contributed by atoms with Gasteiger partial charge in [-0.15, -0.1) is 0 Å². The van der Waals surface area contributed by atoms with Crippen LogP contribution in [-0.2, 0) is 6.42 Å². The zero-order valence-electron chi connectivity index (χ0n) is 14.5. The molecule has 0 radical (unpaired) electrons. The molecule has 0 amide bonds. The molecular weight excluding hydrogens is 338 g/mol. The van der Waals surface area contributed by atoms with Gasteiger partial charge in [0, 0.05) is 6.21 Å². The third kappa shape index (κ3) is 4.67. The molecule has 0 unspecified atom stereocenters. The molecular formula is C19H20ClN3O2. The Labute approximate surface area is 152 Å². The molecule has 1 aromatic heterocycles. The van der Waals surface area contributed by atoms with Gasteiger partial charge < -0.3 is 9.47 Å². The Bertz CT molecular complexity index is 816. The van der Waals surface area contributed by atoms with Crippen LogP contribution >= 0.6 is 11.6 Å². The second-order valence-corrected chi connectivity index (χ2v) is 5.33. The number of halogens is 1. The van der Waals surface area contributed by atoms with Crippen LogP contribution in [0.15, 0.2) is 48.0 Å². The first kappa shape index (κ1) is 18.7. The number of benzene rings is 1. The van der Waals surface area contributed by atoms with Crippen molar-refractivity contribution in [1.29, 1.82) is 0 Å². The quantitative estimate of drug-likeness (QED) is 0.510. The summed E-state index contributed by atoms with van der Waals surface area (Å²) < 4.78 is 11.2. The number of aromatic nitrogens is 2. The lowest BCUT2D eigenvalue weighted by Crippen LogP contribution is -2.02. The van der Waals surface area contributed by atoms with Gasteiger partial charge in [-0.1, -0.05) is 43.3 Å². The van der Waals surface area contributed by atoms with E-state index in [9.17, 15) is 0 Å². The first-order chi connectivity index (χ1) is 12.1. The van der Waals surface area contributed by atoms with E-state index in [0.29, 0.717) is 40.9 Å². The van der Waals surface area contributed by atoms with Crippen LogP contribution in [0.2, 0.25) is 5.15 Å². The van der Waals surface area contributed by atoms with Crippen molar-refractivity contribution in [3.63, 3.8) is 0 Å². The first-order valence-corrected chi connectivity index (χ1v) is 8.20. The SMILES string of the molecule is C=C(N=C/C=C\C)c1nc(Cl)c(Oc2ccccc2OC)c(CC)n1. The van der Waals surface area contributed by atoms with Gasteiger partial charge in [-0.25, -0.2) is 9.97 Å². The lowest BCUT2D eigenvalue weighted by molar-refractivity contribution is 0.376. The summed E-state index contributed by atoms with van der Waals surface area (Å²) in [6.07, 6.45) is 5.91. The number of rotatable bonds is 7. The highest BCUT2D eigenvalue weighted by Gasteiger charge is 2.17. The van der Waals surface area contributed by atoms with Crippen LogP contribution in [0.1, 0.15) is 25.4 Å². The average Bonchev–Trinajstić information content (AvgIpc) is 2.63. The summed E-state index contributed by atoms with van der Waals surface area (Å²) >= 11 is 6.34. The van der Waals surface area contributed by atoms with Crippen molar-refractivity contribution in [2.24, 2.45) is 4.99 Å². The van der Waals surface area contributed by atoms with Crippen LogP contribution in [0.5, 0.6) is 17.2 Å². The Morgan fingerprint density at radius 2 is 2.00 bits per heavy atom. The van der Waals surface area contributed by atoms with Crippen molar-refractivity contribution in [2.45, 2.75) is 20.3 Å². The molecule has 0 saturated heterocycles. The van der Waals surface area contributed by atoms with Gasteiger partial charge in [0.2, 0.25) is 0 Å². The van der Waals surface area contributed by atoms with Crippen molar-refractivity contribution < 1.29 is 9.47 Å². The number of allylic oxidation sites excluding steroid dienone is 2. The molecule has 130 valence electrons. The zero-order valence-corrected chi connectivity index (χ0v) is 15.2. The number of hydrogen-bond acceptors (Lipinski definition) is 5. The molecule has 5 nitrogen and oxygen atoms in total. The van der Waals surface area contributed by atoms with E-state index >= 15 is 0 Å². The zero-order chi connectivity index (χ0) is 18.2. The number of methoxy groups -OCH3 is 1. The summed E-state index contributed by atoms with van der Waals surface area (Å²) in [5.74, 6) is 1.92. The van der Waals surface area contributed by atoms with E-state index in [1.165, 1.54) is 0 Å². The lowest BCUT2D eigenvalue weighted by atomic mass is 10.2. The fraction of sp³-hybridized carbons (Fsp3) is 0.211. The second-order valence-electron chi connectivity index (χ2n) is 4.97. The van der Waals surface area contributed by atoms with E-state index in [4.69, 9.17) is 21.1 Å². The highest BCUT2D eigenvalue weighted by Crippen LogP contribution is 2.36. The summed E-state index contributed by atoms with van der Waals surface area (Å²) in [5.41, 5.74) is 1.10. The van der Waals surface area contributed by atoms with E-state index in [-0.39, 0.29) is 5.15 Å².